The van der Waals surface area contributed by atoms with E-state index in [1.54, 1.807) is 23.7 Å². The van der Waals surface area contributed by atoms with Crippen LogP contribution in [0.15, 0.2) is 58.8 Å². The number of ether oxygens (including phenoxy) is 1. The molecule has 0 aliphatic carbocycles. The lowest BCUT2D eigenvalue weighted by Gasteiger charge is -2.09. The molecule has 9 nitrogen and oxygen atoms in total. The quantitative estimate of drug-likeness (QED) is 0.316. The molecule has 1 N–H and O–H groups in total. The molecule has 1 amide bonds. The first-order chi connectivity index (χ1) is 14.4. The molecule has 0 atom stereocenters. The van der Waals surface area contributed by atoms with Gasteiger partial charge >= 0.3 is 0 Å². The number of carbonyl (C=O) groups is 1. The van der Waals surface area contributed by atoms with Crippen molar-refractivity contribution in [2.75, 3.05) is 13.2 Å². The number of aryl methyl sites for hydroxylation is 2. The molecule has 156 valence electrons. The lowest BCUT2D eigenvalue weighted by molar-refractivity contribution is -0.387. The Kier molecular flexibility index (Phi) is 7.02. The van der Waals surface area contributed by atoms with Crippen molar-refractivity contribution in [2.24, 2.45) is 7.05 Å². The van der Waals surface area contributed by atoms with Gasteiger partial charge in [0.25, 0.3) is 11.6 Å². The van der Waals surface area contributed by atoms with E-state index < -0.39 is 4.92 Å². The summed E-state index contributed by atoms with van der Waals surface area (Å²) in [6.45, 7) is 2.84. The van der Waals surface area contributed by atoms with Crippen LogP contribution in [0.4, 0.5) is 5.69 Å². The van der Waals surface area contributed by atoms with Crippen molar-refractivity contribution in [3.63, 3.8) is 0 Å². The van der Waals surface area contributed by atoms with E-state index in [2.05, 4.69) is 15.5 Å². The van der Waals surface area contributed by atoms with Gasteiger partial charge in [0.1, 0.15) is 12.1 Å². The number of hydrogen-bond acceptors (Lipinski definition) is 7. The molecular weight excluding hydrogens is 406 g/mol. The molecule has 2 aromatic carbocycles. The monoisotopic (exact) mass is 427 g/mol. The van der Waals surface area contributed by atoms with Crippen molar-refractivity contribution in [3.05, 3.63) is 70.0 Å². The molecule has 1 aromatic heterocycles. The SMILES string of the molecule is Cc1cccc(OCCCNC(=O)c2ccc(Sc3nncn3C)c([N+](=O)[O-])c2)c1. The third-order valence-electron chi connectivity index (χ3n) is 4.15. The fraction of sp³-hybridized carbons (Fsp3) is 0.250. The molecular formula is C20H21N5O4S. The van der Waals surface area contributed by atoms with Gasteiger partial charge in [-0.3, -0.25) is 14.9 Å². The molecule has 0 fully saturated rings. The van der Waals surface area contributed by atoms with Crippen LogP contribution >= 0.6 is 11.8 Å². The van der Waals surface area contributed by atoms with E-state index in [4.69, 9.17) is 4.74 Å². The van der Waals surface area contributed by atoms with E-state index in [1.165, 1.54) is 12.4 Å². The number of nitrogens with zero attached hydrogens (tertiary/aromatic N) is 4. The van der Waals surface area contributed by atoms with Crippen LogP contribution < -0.4 is 10.1 Å². The standard InChI is InChI=1S/C20H21N5O4S/c1-14-5-3-6-16(11-14)29-10-4-9-21-19(26)15-7-8-18(17(12-15)25(27)28)30-20-23-22-13-24(20)2/h3,5-8,11-13H,4,9-10H2,1-2H3,(H,21,26). The number of amides is 1. The van der Waals surface area contributed by atoms with Crippen LogP contribution in [0.1, 0.15) is 22.3 Å². The van der Waals surface area contributed by atoms with E-state index in [9.17, 15) is 14.9 Å². The Morgan fingerprint density at radius 3 is 2.83 bits per heavy atom. The summed E-state index contributed by atoms with van der Waals surface area (Å²) in [4.78, 5) is 23.7. The second kappa shape index (κ2) is 9.88. The smallest absolute Gasteiger partial charge is 0.284 e. The Morgan fingerprint density at radius 1 is 1.30 bits per heavy atom. The fourth-order valence-electron chi connectivity index (χ4n) is 2.62. The lowest BCUT2D eigenvalue weighted by Crippen LogP contribution is -2.25. The van der Waals surface area contributed by atoms with Gasteiger partial charge in [-0.15, -0.1) is 10.2 Å². The largest absolute Gasteiger partial charge is 0.494 e. The van der Waals surface area contributed by atoms with E-state index in [1.807, 2.05) is 31.2 Å². The highest BCUT2D eigenvalue weighted by Gasteiger charge is 2.20. The zero-order chi connectivity index (χ0) is 21.5. The Morgan fingerprint density at radius 2 is 2.13 bits per heavy atom. The van der Waals surface area contributed by atoms with Crippen LogP contribution in [-0.2, 0) is 7.05 Å². The first-order valence-corrected chi connectivity index (χ1v) is 10.0. The number of benzene rings is 2. The Labute approximate surface area is 177 Å². The number of aromatic nitrogens is 3. The summed E-state index contributed by atoms with van der Waals surface area (Å²) in [5.74, 6) is 0.414. The van der Waals surface area contributed by atoms with Gasteiger partial charge in [0.15, 0.2) is 5.16 Å². The summed E-state index contributed by atoms with van der Waals surface area (Å²) in [6.07, 6.45) is 2.13. The highest BCUT2D eigenvalue weighted by molar-refractivity contribution is 7.99. The minimum absolute atomic E-state index is 0.154. The third-order valence-corrected chi connectivity index (χ3v) is 5.27. The topological polar surface area (TPSA) is 112 Å². The van der Waals surface area contributed by atoms with Gasteiger partial charge in [0, 0.05) is 25.2 Å². The normalized spacial score (nSPS) is 10.6. The average molecular weight is 427 g/mol. The molecule has 3 rings (SSSR count). The summed E-state index contributed by atoms with van der Waals surface area (Å²) in [5, 5.41) is 22.4. The Bertz CT molecular complexity index is 1050. The van der Waals surface area contributed by atoms with E-state index in [0.717, 1.165) is 23.1 Å². The summed E-state index contributed by atoms with van der Waals surface area (Å²) < 4.78 is 7.30. The molecule has 0 radical (unpaired) electrons. The van der Waals surface area contributed by atoms with Crippen molar-refractivity contribution in [2.45, 2.75) is 23.4 Å². The zero-order valence-electron chi connectivity index (χ0n) is 16.6. The molecule has 0 aliphatic rings. The van der Waals surface area contributed by atoms with E-state index in [0.29, 0.717) is 29.6 Å². The second-order valence-corrected chi connectivity index (χ2v) is 7.55. The van der Waals surface area contributed by atoms with Gasteiger partial charge in [-0.25, -0.2) is 0 Å². The molecule has 1 heterocycles. The van der Waals surface area contributed by atoms with Crippen LogP contribution in [0.25, 0.3) is 0 Å². The second-order valence-electron chi connectivity index (χ2n) is 6.54. The van der Waals surface area contributed by atoms with Crippen LogP contribution in [0, 0.1) is 17.0 Å². The molecule has 0 unspecified atom stereocenters. The maximum Gasteiger partial charge on any atom is 0.284 e. The molecule has 0 spiro atoms. The van der Waals surface area contributed by atoms with Crippen molar-refractivity contribution < 1.29 is 14.5 Å². The number of nitro groups is 1. The number of rotatable bonds is 9. The minimum atomic E-state index is -0.509. The third kappa shape index (κ3) is 5.57. The maximum atomic E-state index is 12.4. The van der Waals surface area contributed by atoms with Crippen molar-refractivity contribution in [1.82, 2.24) is 20.1 Å². The highest BCUT2D eigenvalue weighted by atomic mass is 32.2. The Balaban J connectivity index is 1.55. The minimum Gasteiger partial charge on any atom is -0.494 e. The van der Waals surface area contributed by atoms with Crippen molar-refractivity contribution in [1.29, 1.82) is 0 Å². The van der Waals surface area contributed by atoms with Crippen LogP contribution in [0.2, 0.25) is 0 Å². The number of carbonyl (C=O) groups excluding carboxylic acids is 1. The van der Waals surface area contributed by atoms with Gasteiger partial charge in [0.05, 0.1) is 16.4 Å². The molecule has 0 saturated heterocycles. The fourth-order valence-corrected chi connectivity index (χ4v) is 3.47. The number of nitro benzene ring substituents is 1. The van der Waals surface area contributed by atoms with Gasteiger partial charge in [-0.1, -0.05) is 12.1 Å². The van der Waals surface area contributed by atoms with Crippen molar-refractivity contribution in [3.8, 4) is 5.75 Å². The molecule has 30 heavy (non-hydrogen) atoms. The van der Waals surface area contributed by atoms with Crippen LogP contribution in [-0.4, -0.2) is 38.7 Å². The van der Waals surface area contributed by atoms with Crippen molar-refractivity contribution >= 4 is 23.4 Å². The average Bonchev–Trinajstić information content (AvgIpc) is 3.12. The predicted octanol–water partition coefficient (Wildman–Crippen LogP) is 3.38. The molecule has 3 aromatic rings. The zero-order valence-corrected chi connectivity index (χ0v) is 17.4. The van der Waals surface area contributed by atoms with Gasteiger partial charge in [-0.05, 0) is 54.9 Å². The van der Waals surface area contributed by atoms with Gasteiger partial charge in [-0.2, -0.15) is 0 Å². The first kappa shape index (κ1) is 21.3. The van der Waals surface area contributed by atoms with E-state index in [-0.39, 0.29) is 17.2 Å². The Hall–Kier alpha value is -3.40. The maximum absolute atomic E-state index is 12.4. The summed E-state index contributed by atoms with van der Waals surface area (Å²) in [6, 6.07) is 12.1. The summed E-state index contributed by atoms with van der Waals surface area (Å²) in [5.41, 5.74) is 1.19. The summed E-state index contributed by atoms with van der Waals surface area (Å²) in [7, 11) is 1.75. The summed E-state index contributed by atoms with van der Waals surface area (Å²) >= 11 is 1.12. The first-order valence-electron chi connectivity index (χ1n) is 9.22. The van der Waals surface area contributed by atoms with Crippen LogP contribution in [0.5, 0.6) is 5.75 Å². The molecule has 0 bridgehead atoms. The number of nitrogens with one attached hydrogen (secondary N) is 1. The van der Waals surface area contributed by atoms with Crippen LogP contribution in [0.3, 0.4) is 0 Å². The highest BCUT2D eigenvalue weighted by Crippen LogP contribution is 2.34. The predicted molar refractivity (Wildman–Crippen MR) is 112 cm³/mol. The molecule has 10 heteroatoms. The van der Waals surface area contributed by atoms with E-state index >= 15 is 0 Å². The molecule has 0 saturated carbocycles. The number of hydrogen-bond donors (Lipinski definition) is 1. The lowest BCUT2D eigenvalue weighted by atomic mass is 10.2. The van der Waals surface area contributed by atoms with Gasteiger partial charge < -0.3 is 14.6 Å². The molecule has 0 aliphatic heterocycles. The van der Waals surface area contributed by atoms with Gasteiger partial charge in [0.2, 0.25) is 0 Å².